The Morgan fingerprint density at radius 2 is 2.00 bits per heavy atom. The molecular weight excluding hydrogens is 330 g/mol. The van der Waals surface area contributed by atoms with Crippen LogP contribution in [0.4, 0.5) is 11.4 Å². The molecule has 0 radical (unpaired) electrons. The molecule has 2 N–H and O–H groups in total. The van der Waals surface area contributed by atoms with Crippen molar-refractivity contribution in [1.29, 1.82) is 0 Å². The van der Waals surface area contributed by atoms with Crippen LogP contribution in [0.15, 0.2) is 42.5 Å². The number of thiocarbonyl (C=S) groups is 1. The summed E-state index contributed by atoms with van der Waals surface area (Å²) in [5, 5.41) is 16.5. The maximum absolute atomic E-state index is 12.2. The summed E-state index contributed by atoms with van der Waals surface area (Å²) in [6.45, 7) is 1.93. The third-order valence-electron chi connectivity index (χ3n) is 3.14. The van der Waals surface area contributed by atoms with Gasteiger partial charge in [-0.3, -0.25) is 20.2 Å². The van der Waals surface area contributed by atoms with Gasteiger partial charge in [0.15, 0.2) is 10.9 Å². The molecule has 8 heteroatoms. The molecule has 2 aromatic rings. The van der Waals surface area contributed by atoms with Crippen LogP contribution < -0.4 is 15.4 Å². The zero-order valence-electron chi connectivity index (χ0n) is 13.0. The molecule has 1 amide bonds. The van der Waals surface area contributed by atoms with Gasteiger partial charge < -0.3 is 10.1 Å². The van der Waals surface area contributed by atoms with E-state index in [-0.39, 0.29) is 22.1 Å². The van der Waals surface area contributed by atoms with E-state index < -0.39 is 10.8 Å². The molecule has 0 unspecified atom stereocenters. The Hall–Kier alpha value is -3.00. The van der Waals surface area contributed by atoms with E-state index in [0.717, 1.165) is 17.3 Å². The van der Waals surface area contributed by atoms with E-state index in [1.165, 1.54) is 19.2 Å². The molecule has 2 aromatic carbocycles. The number of hydrogen-bond acceptors (Lipinski definition) is 5. The molecule has 0 spiro atoms. The Balaban J connectivity index is 2.10. The SMILES string of the molecule is COc1ccc(C(=O)NC(=S)Nc2cccc(C)c2)cc1[N+](=O)[O-]. The van der Waals surface area contributed by atoms with Crippen molar-refractivity contribution >= 4 is 34.6 Å². The van der Waals surface area contributed by atoms with Gasteiger partial charge in [-0.05, 0) is 49.0 Å². The second-order valence-corrected chi connectivity index (χ2v) is 5.33. The Morgan fingerprint density at radius 1 is 1.25 bits per heavy atom. The summed E-state index contributed by atoms with van der Waals surface area (Å²) < 4.78 is 4.90. The van der Waals surface area contributed by atoms with Crippen molar-refractivity contribution in [2.24, 2.45) is 0 Å². The zero-order chi connectivity index (χ0) is 17.7. The van der Waals surface area contributed by atoms with Crippen LogP contribution in [0.5, 0.6) is 5.75 Å². The first-order chi connectivity index (χ1) is 11.4. The second-order valence-electron chi connectivity index (χ2n) is 4.92. The molecule has 0 aliphatic rings. The topological polar surface area (TPSA) is 93.5 Å². The zero-order valence-corrected chi connectivity index (χ0v) is 13.8. The van der Waals surface area contributed by atoms with Crippen LogP contribution in [0.3, 0.4) is 0 Å². The van der Waals surface area contributed by atoms with Crippen LogP contribution >= 0.6 is 12.2 Å². The number of amides is 1. The summed E-state index contributed by atoms with van der Waals surface area (Å²) in [5.74, 6) is -0.470. The van der Waals surface area contributed by atoms with Crippen molar-refractivity contribution in [3.63, 3.8) is 0 Å². The Kier molecular flexibility index (Phi) is 5.43. The normalized spacial score (nSPS) is 9.92. The molecule has 0 bridgehead atoms. The molecular formula is C16H15N3O4S. The maximum Gasteiger partial charge on any atom is 0.311 e. The van der Waals surface area contributed by atoms with Crippen LogP contribution in [0.1, 0.15) is 15.9 Å². The standard InChI is InChI=1S/C16H15N3O4S/c1-10-4-3-5-12(8-10)17-16(24)18-15(20)11-6-7-14(23-2)13(9-11)19(21)22/h3-9H,1-2H3,(H2,17,18,20,24). The lowest BCUT2D eigenvalue weighted by molar-refractivity contribution is -0.385. The highest BCUT2D eigenvalue weighted by molar-refractivity contribution is 7.80. The Bertz CT molecular complexity index is 808. The van der Waals surface area contributed by atoms with Gasteiger partial charge in [-0.15, -0.1) is 0 Å². The van der Waals surface area contributed by atoms with Gasteiger partial charge in [0.05, 0.1) is 12.0 Å². The molecule has 0 aliphatic carbocycles. The molecule has 2 rings (SSSR count). The molecule has 7 nitrogen and oxygen atoms in total. The molecule has 0 atom stereocenters. The van der Waals surface area contributed by atoms with E-state index in [0.29, 0.717) is 0 Å². The van der Waals surface area contributed by atoms with Crippen molar-refractivity contribution in [2.75, 3.05) is 12.4 Å². The average molecular weight is 345 g/mol. The number of nitrogens with one attached hydrogen (secondary N) is 2. The third kappa shape index (κ3) is 4.26. The molecule has 0 saturated heterocycles. The lowest BCUT2D eigenvalue weighted by atomic mass is 10.1. The fourth-order valence-electron chi connectivity index (χ4n) is 2.03. The molecule has 0 heterocycles. The third-order valence-corrected chi connectivity index (χ3v) is 3.34. The lowest BCUT2D eigenvalue weighted by Crippen LogP contribution is -2.34. The molecule has 0 aromatic heterocycles. The lowest BCUT2D eigenvalue weighted by Gasteiger charge is -2.10. The number of nitro groups is 1. The van der Waals surface area contributed by atoms with E-state index in [1.54, 1.807) is 0 Å². The predicted molar refractivity (Wildman–Crippen MR) is 94.5 cm³/mol. The van der Waals surface area contributed by atoms with Crippen molar-refractivity contribution in [2.45, 2.75) is 6.92 Å². The van der Waals surface area contributed by atoms with Crippen LogP contribution in [-0.4, -0.2) is 23.1 Å². The number of hydrogen-bond donors (Lipinski definition) is 2. The molecule has 0 aliphatic heterocycles. The first-order valence-corrected chi connectivity index (χ1v) is 7.33. The van der Waals surface area contributed by atoms with E-state index in [2.05, 4.69) is 10.6 Å². The Morgan fingerprint density at radius 3 is 2.62 bits per heavy atom. The minimum atomic E-state index is -0.612. The first kappa shape index (κ1) is 17.4. The van der Waals surface area contributed by atoms with Gasteiger partial charge in [0, 0.05) is 17.3 Å². The number of nitrogens with zero attached hydrogens (tertiary/aromatic N) is 1. The summed E-state index contributed by atoms with van der Waals surface area (Å²) in [6.07, 6.45) is 0. The van der Waals surface area contributed by atoms with Crippen molar-refractivity contribution in [3.8, 4) is 5.75 Å². The highest BCUT2D eigenvalue weighted by Crippen LogP contribution is 2.27. The fraction of sp³-hybridized carbons (Fsp3) is 0.125. The summed E-state index contributed by atoms with van der Waals surface area (Å²) in [6, 6.07) is 11.4. The van der Waals surface area contributed by atoms with E-state index in [4.69, 9.17) is 17.0 Å². The highest BCUT2D eigenvalue weighted by atomic mass is 32.1. The number of aryl methyl sites for hydroxylation is 1. The minimum absolute atomic E-state index is 0.0806. The monoisotopic (exact) mass is 345 g/mol. The fourth-order valence-corrected chi connectivity index (χ4v) is 2.24. The van der Waals surface area contributed by atoms with Crippen LogP contribution in [0, 0.1) is 17.0 Å². The quantitative estimate of drug-likeness (QED) is 0.502. The number of ether oxygens (including phenoxy) is 1. The highest BCUT2D eigenvalue weighted by Gasteiger charge is 2.18. The molecule has 24 heavy (non-hydrogen) atoms. The predicted octanol–water partition coefficient (Wildman–Crippen LogP) is 3.04. The number of benzene rings is 2. The Labute approximate surface area is 143 Å². The van der Waals surface area contributed by atoms with Gasteiger partial charge in [-0.25, -0.2) is 0 Å². The summed E-state index contributed by atoms with van der Waals surface area (Å²) in [5.41, 5.74) is 1.60. The smallest absolute Gasteiger partial charge is 0.311 e. The first-order valence-electron chi connectivity index (χ1n) is 6.92. The van der Waals surface area contributed by atoms with Crippen molar-refractivity contribution in [3.05, 3.63) is 63.7 Å². The molecule has 0 saturated carbocycles. The largest absolute Gasteiger partial charge is 0.490 e. The number of carbonyl (C=O) groups excluding carboxylic acids is 1. The number of nitro benzene ring substituents is 1. The van der Waals surface area contributed by atoms with E-state index in [1.807, 2.05) is 31.2 Å². The van der Waals surface area contributed by atoms with Gasteiger partial charge in [0.2, 0.25) is 0 Å². The van der Waals surface area contributed by atoms with Crippen LogP contribution in [0.2, 0.25) is 0 Å². The number of carbonyl (C=O) groups is 1. The van der Waals surface area contributed by atoms with Crippen LogP contribution in [-0.2, 0) is 0 Å². The molecule has 0 fully saturated rings. The number of anilines is 1. The van der Waals surface area contributed by atoms with E-state index in [9.17, 15) is 14.9 Å². The van der Waals surface area contributed by atoms with Crippen molar-refractivity contribution in [1.82, 2.24) is 5.32 Å². The summed E-state index contributed by atoms with van der Waals surface area (Å²) in [4.78, 5) is 22.6. The van der Waals surface area contributed by atoms with Crippen LogP contribution in [0.25, 0.3) is 0 Å². The van der Waals surface area contributed by atoms with E-state index >= 15 is 0 Å². The maximum atomic E-state index is 12.2. The second kappa shape index (κ2) is 7.51. The van der Waals surface area contributed by atoms with Gasteiger partial charge >= 0.3 is 5.69 Å². The summed E-state index contributed by atoms with van der Waals surface area (Å²) >= 11 is 5.09. The van der Waals surface area contributed by atoms with Crippen molar-refractivity contribution < 1.29 is 14.5 Å². The molecule has 124 valence electrons. The average Bonchev–Trinajstić information content (AvgIpc) is 2.53. The minimum Gasteiger partial charge on any atom is -0.490 e. The number of methoxy groups -OCH3 is 1. The van der Waals surface area contributed by atoms with Gasteiger partial charge in [0.1, 0.15) is 0 Å². The number of rotatable bonds is 4. The van der Waals surface area contributed by atoms with Gasteiger partial charge in [-0.2, -0.15) is 0 Å². The summed E-state index contributed by atoms with van der Waals surface area (Å²) in [7, 11) is 1.32. The van der Waals surface area contributed by atoms with Gasteiger partial charge in [-0.1, -0.05) is 12.1 Å². The van der Waals surface area contributed by atoms with Gasteiger partial charge in [0.25, 0.3) is 5.91 Å².